The SMILES string of the molecule is C=CC(=O)NCc1ccccc1C(=O)N1CCC(CCCOC)CC1. The molecular formula is C20H28N2O3. The topological polar surface area (TPSA) is 58.6 Å². The fourth-order valence-corrected chi connectivity index (χ4v) is 3.25. The number of hydrogen-bond acceptors (Lipinski definition) is 3. The zero-order chi connectivity index (χ0) is 18.1. The molecule has 0 radical (unpaired) electrons. The molecule has 5 nitrogen and oxygen atoms in total. The summed E-state index contributed by atoms with van der Waals surface area (Å²) < 4.78 is 5.11. The molecule has 1 aliphatic heterocycles. The van der Waals surface area contributed by atoms with E-state index in [1.54, 1.807) is 7.11 Å². The monoisotopic (exact) mass is 344 g/mol. The lowest BCUT2D eigenvalue weighted by atomic mass is 9.92. The molecule has 1 saturated heterocycles. The third kappa shape index (κ3) is 5.71. The van der Waals surface area contributed by atoms with E-state index in [-0.39, 0.29) is 11.8 Å². The van der Waals surface area contributed by atoms with Gasteiger partial charge in [0.25, 0.3) is 5.91 Å². The Balaban J connectivity index is 1.93. The van der Waals surface area contributed by atoms with Crippen molar-refractivity contribution in [2.45, 2.75) is 32.2 Å². The molecule has 1 N–H and O–H groups in total. The smallest absolute Gasteiger partial charge is 0.254 e. The number of benzene rings is 1. The second-order valence-electron chi connectivity index (χ2n) is 6.45. The van der Waals surface area contributed by atoms with Crippen molar-refractivity contribution in [1.82, 2.24) is 10.2 Å². The highest BCUT2D eigenvalue weighted by Gasteiger charge is 2.24. The number of rotatable bonds is 8. The fourth-order valence-electron chi connectivity index (χ4n) is 3.25. The summed E-state index contributed by atoms with van der Waals surface area (Å²) in [5.74, 6) is 0.499. The van der Waals surface area contributed by atoms with Crippen molar-refractivity contribution in [2.24, 2.45) is 5.92 Å². The molecular weight excluding hydrogens is 316 g/mol. The molecule has 2 amide bonds. The van der Waals surface area contributed by atoms with E-state index in [2.05, 4.69) is 11.9 Å². The Kier molecular flexibility index (Phi) is 7.67. The van der Waals surface area contributed by atoms with E-state index in [4.69, 9.17) is 4.74 Å². The molecule has 0 aromatic heterocycles. The van der Waals surface area contributed by atoms with E-state index in [0.29, 0.717) is 18.0 Å². The summed E-state index contributed by atoms with van der Waals surface area (Å²) >= 11 is 0. The van der Waals surface area contributed by atoms with Crippen molar-refractivity contribution in [3.05, 3.63) is 48.0 Å². The number of methoxy groups -OCH3 is 1. The lowest BCUT2D eigenvalue weighted by molar-refractivity contribution is -0.116. The molecule has 1 fully saturated rings. The number of likely N-dealkylation sites (tertiary alicyclic amines) is 1. The number of hydrogen-bond donors (Lipinski definition) is 1. The van der Waals surface area contributed by atoms with Crippen LogP contribution >= 0.6 is 0 Å². The van der Waals surface area contributed by atoms with Gasteiger partial charge in [0.2, 0.25) is 5.91 Å². The van der Waals surface area contributed by atoms with Crippen LogP contribution in [0, 0.1) is 5.92 Å². The predicted octanol–water partition coefficient (Wildman–Crippen LogP) is 2.77. The van der Waals surface area contributed by atoms with Gasteiger partial charge in [-0.3, -0.25) is 9.59 Å². The highest BCUT2D eigenvalue weighted by Crippen LogP contribution is 2.23. The van der Waals surface area contributed by atoms with Crippen LogP contribution in [-0.2, 0) is 16.1 Å². The van der Waals surface area contributed by atoms with Crippen LogP contribution in [0.15, 0.2) is 36.9 Å². The standard InChI is InChI=1S/C20H28N2O3/c1-3-19(23)21-15-17-8-4-5-9-18(17)20(24)22-12-10-16(11-13-22)7-6-14-25-2/h3-5,8-9,16H,1,6-7,10-15H2,2H3,(H,21,23). The molecule has 2 rings (SSSR count). The Morgan fingerprint density at radius 3 is 2.72 bits per heavy atom. The number of piperidine rings is 1. The van der Waals surface area contributed by atoms with Crippen molar-refractivity contribution in [3.8, 4) is 0 Å². The Hall–Kier alpha value is -2.14. The molecule has 0 spiro atoms. The van der Waals surface area contributed by atoms with Crippen molar-refractivity contribution in [3.63, 3.8) is 0 Å². The van der Waals surface area contributed by atoms with Crippen molar-refractivity contribution >= 4 is 11.8 Å². The minimum atomic E-state index is -0.237. The lowest BCUT2D eigenvalue weighted by Gasteiger charge is -2.32. The molecule has 0 unspecified atom stereocenters. The van der Waals surface area contributed by atoms with Crippen LogP contribution in [0.2, 0.25) is 0 Å². The number of nitrogens with zero attached hydrogens (tertiary/aromatic N) is 1. The van der Waals surface area contributed by atoms with Gasteiger partial charge >= 0.3 is 0 Å². The molecule has 0 bridgehead atoms. The summed E-state index contributed by atoms with van der Waals surface area (Å²) in [6.07, 6.45) is 5.58. The summed E-state index contributed by atoms with van der Waals surface area (Å²) in [4.78, 5) is 26.2. The molecule has 0 aliphatic carbocycles. The third-order valence-electron chi connectivity index (χ3n) is 4.75. The minimum absolute atomic E-state index is 0.0544. The van der Waals surface area contributed by atoms with Crippen molar-refractivity contribution in [2.75, 3.05) is 26.8 Å². The highest BCUT2D eigenvalue weighted by molar-refractivity contribution is 5.96. The quantitative estimate of drug-likeness (QED) is 0.583. The second kappa shape index (κ2) is 9.99. The Labute approximate surface area is 150 Å². The first-order chi connectivity index (χ1) is 12.2. The van der Waals surface area contributed by atoms with Crippen LogP contribution < -0.4 is 5.32 Å². The number of carbonyl (C=O) groups excluding carboxylic acids is 2. The molecule has 0 saturated carbocycles. The van der Waals surface area contributed by atoms with Gasteiger partial charge < -0.3 is 15.0 Å². The molecule has 0 atom stereocenters. The largest absolute Gasteiger partial charge is 0.385 e. The first kappa shape index (κ1) is 19.2. The van der Waals surface area contributed by atoms with Gasteiger partial charge in [-0.05, 0) is 49.3 Å². The molecule has 1 aromatic carbocycles. The first-order valence-electron chi connectivity index (χ1n) is 8.92. The Bertz CT molecular complexity index is 592. The number of carbonyl (C=O) groups is 2. The summed E-state index contributed by atoms with van der Waals surface area (Å²) in [6, 6.07) is 7.47. The Morgan fingerprint density at radius 2 is 2.04 bits per heavy atom. The summed E-state index contributed by atoms with van der Waals surface area (Å²) in [7, 11) is 1.73. The van der Waals surface area contributed by atoms with E-state index in [1.807, 2.05) is 29.2 Å². The van der Waals surface area contributed by atoms with E-state index in [9.17, 15) is 9.59 Å². The maximum atomic E-state index is 12.9. The van der Waals surface area contributed by atoms with E-state index >= 15 is 0 Å². The highest BCUT2D eigenvalue weighted by atomic mass is 16.5. The van der Waals surface area contributed by atoms with Gasteiger partial charge in [0.05, 0.1) is 0 Å². The summed E-state index contributed by atoms with van der Waals surface area (Å²) in [5.41, 5.74) is 1.51. The van der Waals surface area contributed by atoms with E-state index in [1.165, 1.54) is 12.5 Å². The van der Waals surface area contributed by atoms with Gasteiger partial charge in [-0.15, -0.1) is 0 Å². The molecule has 1 aromatic rings. The van der Waals surface area contributed by atoms with Gasteiger partial charge in [-0.1, -0.05) is 24.8 Å². The van der Waals surface area contributed by atoms with Crippen LogP contribution in [0.5, 0.6) is 0 Å². The third-order valence-corrected chi connectivity index (χ3v) is 4.75. The van der Waals surface area contributed by atoms with Gasteiger partial charge in [0.1, 0.15) is 0 Å². The van der Waals surface area contributed by atoms with Crippen LogP contribution in [0.1, 0.15) is 41.6 Å². The molecule has 25 heavy (non-hydrogen) atoms. The predicted molar refractivity (Wildman–Crippen MR) is 98.2 cm³/mol. The zero-order valence-electron chi connectivity index (χ0n) is 15.0. The molecule has 136 valence electrons. The first-order valence-corrected chi connectivity index (χ1v) is 8.92. The number of amides is 2. The Morgan fingerprint density at radius 1 is 1.32 bits per heavy atom. The van der Waals surface area contributed by atoms with Gasteiger partial charge in [-0.25, -0.2) is 0 Å². The van der Waals surface area contributed by atoms with Crippen molar-refractivity contribution in [1.29, 1.82) is 0 Å². The number of nitrogens with one attached hydrogen (secondary N) is 1. The van der Waals surface area contributed by atoms with Crippen molar-refractivity contribution < 1.29 is 14.3 Å². The number of ether oxygens (including phenoxy) is 1. The average Bonchev–Trinajstić information content (AvgIpc) is 2.66. The van der Waals surface area contributed by atoms with Gasteiger partial charge in [0.15, 0.2) is 0 Å². The van der Waals surface area contributed by atoms with Crippen LogP contribution in [-0.4, -0.2) is 43.5 Å². The van der Waals surface area contributed by atoms with E-state index < -0.39 is 0 Å². The summed E-state index contributed by atoms with van der Waals surface area (Å²) in [6.45, 7) is 6.18. The molecule has 1 aliphatic rings. The molecule has 5 heteroatoms. The summed E-state index contributed by atoms with van der Waals surface area (Å²) in [5, 5.41) is 2.74. The maximum Gasteiger partial charge on any atom is 0.254 e. The molecule has 1 heterocycles. The zero-order valence-corrected chi connectivity index (χ0v) is 15.0. The van der Waals surface area contributed by atoms with Crippen LogP contribution in [0.4, 0.5) is 0 Å². The maximum absolute atomic E-state index is 12.9. The minimum Gasteiger partial charge on any atom is -0.385 e. The normalized spacial score (nSPS) is 15.0. The van der Waals surface area contributed by atoms with Crippen LogP contribution in [0.25, 0.3) is 0 Å². The second-order valence-corrected chi connectivity index (χ2v) is 6.45. The lowest BCUT2D eigenvalue weighted by Crippen LogP contribution is -2.39. The van der Waals surface area contributed by atoms with Crippen LogP contribution in [0.3, 0.4) is 0 Å². The van der Waals surface area contributed by atoms with E-state index in [0.717, 1.165) is 44.5 Å². The fraction of sp³-hybridized carbons (Fsp3) is 0.500. The average molecular weight is 344 g/mol. The van der Waals surface area contributed by atoms with Gasteiger partial charge in [0, 0.05) is 38.9 Å². The van der Waals surface area contributed by atoms with Gasteiger partial charge in [-0.2, -0.15) is 0 Å².